The number of carboxylic acid groups (broad SMARTS) is 1. The van der Waals surface area contributed by atoms with Crippen LogP contribution in [0.25, 0.3) is 0 Å². The summed E-state index contributed by atoms with van der Waals surface area (Å²) in [5.74, 6) is -0.0598. The Morgan fingerprint density at radius 3 is 2.72 bits per heavy atom. The summed E-state index contributed by atoms with van der Waals surface area (Å²) in [6, 6.07) is 2.64. The van der Waals surface area contributed by atoms with Crippen molar-refractivity contribution in [2.45, 2.75) is 19.4 Å². The summed E-state index contributed by atoms with van der Waals surface area (Å²) in [6.07, 6.45) is 4.90. The highest BCUT2D eigenvalue weighted by molar-refractivity contribution is 5.96. The van der Waals surface area contributed by atoms with Gasteiger partial charge in [0, 0.05) is 12.0 Å². The molecule has 0 aliphatic carbocycles. The van der Waals surface area contributed by atoms with Crippen LogP contribution in [0.3, 0.4) is 0 Å². The number of amides is 1. The van der Waals surface area contributed by atoms with Gasteiger partial charge in [0.2, 0.25) is 0 Å². The number of benzene rings is 1. The molecule has 1 atom stereocenters. The second-order valence-electron chi connectivity index (χ2n) is 3.74. The summed E-state index contributed by atoms with van der Waals surface area (Å²) < 4.78 is 13.0. The van der Waals surface area contributed by atoms with Crippen molar-refractivity contribution in [1.82, 2.24) is 5.32 Å². The molecule has 18 heavy (non-hydrogen) atoms. The van der Waals surface area contributed by atoms with Crippen LogP contribution in [-0.2, 0) is 4.79 Å². The number of carbonyl (C=O) groups excluding carboxylic acids is 1. The molecule has 0 fully saturated rings. The minimum Gasteiger partial charge on any atom is -0.480 e. The molecule has 0 aliphatic rings. The maximum absolute atomic E-state index is 13.0. The molecule has 1 rings (SSSR count). The number of terminal acetylenes is 1. The number of hydrogen-bond acceptors (Lipinski definition) is 2. The molecule has 0 saturated heterocycles. The van der Waals surface area contributed by atoms with Crippen LogP contribution in [-0.4, -0.2) is 23.0 Å². The highest BCUT2D eigenvalue weighted by Crippen LogP contribution is 2.09. The fourth-order valence-corrected chi connectivity index (χ4v) is 1.35. The Morgan fingerprint density at radius 2 is 2.22 bits per heavy atom. The van der Waals surface area contributed by atoms with E-state index < -0.39 is 23.7 Å². The van der Waals surface area contributed by atoms with E-state index in [0.717, 1.165) is 6.07 Å². The monoisotopic (exact) mass is 249 g/mol. The molecule has 2 N–H and O–H groups in total. The summed E-state index contributed by atoms with van der Waals surface area (Å²) in [7, 11) is 0. The van der Waals surface area contributed by atoms with Crippen molar-refractivity contribution >= 4 is 11.9 Å². The third kappa shape index (κ3) is 3.32. The summed E-state index contributed by atoms with van der Waals surface area (Å²) >= 11 is 0. The van der Waals surface area contributed by atoms with Crippen molar-refractivity contribution in [2.75, 3.05) is 0 Å². The zero-order chi connectivity index (χ0) is 13.7. The highest BCUT2D eigenvalue weighted by atomic mass is 19.1. The normalized spacial score (nSPS) is 11.4. The van der Waals surface area contributed by atoms with Gasteiger partial charge in [0.15, 0.2) is 0 Å². The molecular weight excluding hydrogens is 237 g/mol. The highest BCUT2D eigenvalue weighted by Gasteiger charge is 2.19. The van der Waals surface area contributed by atoms with Gasteiger partial charge in [-0.15, -0.1) is 12.3 Å². The number of rotatable bonds is 4. The van der Waals surface area contributed by atoms with E-state index >= 15 is 0 Å². The van der Waals surface area contributed by atoms with E-state index in [2.05, 4.69) is 11.2 Å². The SMILES string of the molecule is C#CCC(NC(=O)c1ccc(F)c(C)c1)C(=O)O. The maximum atomic E-state index is 13.0. The lowest BCUT2D eigenvalue weighted by atomic mass is 10.1. The molecule has 0 heterocycles. The fourth-order valence-electron chi connectivity index (χ4n) is 1.35. The Morgan fingerprint density at radius 1 is 1.56 bits per heavy atom. The number of aryl methyl sites for hydroxylation is 1. The molecule has 0 saturated carbocycles. The number of carbonyl (C=O) groups is 2. The Labute approximate surface area is 104 Å². The van der Waals surface area contributed by atoms with E-state index in [-0.39, 0.29) is 12.0 Å². The molecule has 1 amide bonds. The van der Waals surface area contributed by atoms with Crippen LogP contribution >= 0.6 is 0 Å². The molecule has 4 nitrogen and oxygen atoms in total. The zero-order valence-electron chi connectivity index (χ0n) is 9.74. The van der Waals surface area contributed by atoms with Crippen molar-refractivity contribution in [1.29, 1.82) is 0 Å². The third-order valence-corrected chi connectivity index (χ3v) is 2.35. The van der Waals surface area contributed by atoms with Gasteiger partial charge in [-0.05, 0) is 30.7 Å². The van der Waals surface area contributed by atoms with Gasteiger partial charge in [0.05, 0.1) is 0 Å². The van der Waals surface area contributed by atoms with Crippen LogP contribution in [0.2, 0.25) is 0 Å². The molecule has 1 unspecified atom stereocenters. The van der Waals surface area contributed by atoms with Crippen molar-refractivity contribution in [2.24, 2.45) is 0 Å². The number of halogens is 1. The molecule has 0 bridgehead atoms. The molecule has 5 heteroatoms. The van der Waals surface area contributed by atoms with Crippen LogP contribution in [0.5, 0.6) is 0 Å². The Balaban J connectivity index is 2.84. The maximum Gasteiger partial charge on any atom is 0.327 e. The molecule has 0 aliphatic heterocycles. The van der Waals surface area contributed by atoms with E-state index in [4.69, 9.17) is 11.5 Å². The Bertz CT molecular complexity index is 519. The first-order valence-electron chi connectivity index (χ1n) is 5.19. The van der Waals surface area contributed by atoms with E-state index in [0.29, 0.717) is 5.56 Å². The van der Waals surface area contributed by atoms with Crippen LogP contribution in [0.15, 0.2) is 18.2 Å². The van der Waals surface area contributed by atoms with E-state index in [1.165, 1.54) is 19.1 Å². The standard InChI is InChI=1S/C13H12FNO3/c1-3-4-11(13(17)18)15-12(16)9-5-6-10(14)8(2)7-9/h1,5-7,11H,4H2,2H3,(H,15,16)(H,17,18). The summed E-state index contributed by atoms with van der Waals surface area (Å²) in [5, 5.41) is 11.1. The first-order chi connectivity index (χ1) is 8.45. The predicted octanol–water partition coefficient (Wildman–Crippen LogP) is 1.34. The van der Waals surface area contributed by atoms with E-state index in [1.54, 1.807) is 0 Å². The van der Waals surface area contributed by atoms with Gasteiger partial charge < -0.3 is 10.4 Å². The third-order valence-electron chi connectivity index (χ3n) is 2.35. The topological polar surface area (TPSA) is 66.4 Å². The van der Waals surface area contributed by atoms with Crippen molar-refractivity contribution in [3.63, 3.8) is 0 Å². The van der Waals surface area contributed by atoms with Gasteiger partial charge in [-0.2, -0.15) is 0 Å². The van der Waals surface area contributed by atoms with Crippen LogP contribution < -0.4 is 5.32 Å². The average molecular weight is 249 g/mol. The largest absolute Gasteiger partial charge is 0.480 e. The van der Waals surface area contributed by atoms with Crippen molar-refractivity contribution in [3.8, 4) is 12.3 Å². The molecule has 0 spiro atoms. The lowest BCUT2D eigenvalue weighted by Crippen LogP contribution is -2.40. The first kappa shape index (κ1) is 13.7. The van der Waals surface area contributed by atoms with Crippen LogP contribution in [0, 0.1) is 25.1 Å². The predicted molar refractivity (Wildman–Crippen MR) is 63.5 cm³/mol. The Hall–Kier alpha value is -2.35. The molecule has 1 aromatic rings. The van der Waals surface area contributed by atoms with Crippen molar-refractivity contribution < 1.29 is 19.1 Å². The fraction of sp³-hybridized carbons (Fsp3) is 0.231. The average Bonchev–Trinajstić information content (AvgIpc) is 2.31. The minimum absolute atomic E-state index is 0.110. The van der Waals surface area contributed by atoms with Gasteiger partial charge in [0.1, 0.15) is 11.9 Å². The quantitative estimate of drug-likeness (QED) is 0.791. The van der Waals surface area contributed by atoms with Gasteiger partial charge in [0.25, 0.3) is 5.91 Å². The molecule has 0 radical (unpaired) electrons. The number of aliphatic carboxylic acids is 1. The van der Waals surface area contributed by atoms with Crippen molar-refractivity contribution in [3.05, 3.63) is 35.1 Å². The summed E-state index contributed by atoms with van der Waals surface area (Å²) in [4.78, 5) is 22.5. The van der Waals surface area contributed by atoms with Gasteiger partial charge >= 0.3 is 5.97 Å². The minimum atomic E-state index is -1.21. The van der Waals surface area contributed by atoms with E-state index in [9.17, 15) is 14.0 Å². The smallest absolute Gasteiger partial charge is 0.327 e. The number of nitrogens with one attached hydrogen (secondary N) is 1. The van der Waals surface area contributed by atoms with Gasteiger partial charge in [-0.1, -0.05) is 0 Å². The van der Waals surface area contributed by atoms with Crippen LogP contribution in [0.1, 0.15) is 22.3 Å². The second-order valence-corrected chi connectivity index (χ2v) is 3.74. The van der Waals surface area contributed by atoms with E-state index in [1.807, 2.05) is 0 Å². The Kier molecular flexibility index (Phi) is 4.44. The molecular formula is C13H12FNO3. The lowest BCUT2D eigenvalue weighted by Gasteiger charge is -2.12. The zero-order valence-corrected chi connectivity index (χ0v) is 9.74. The summed E-state index contributed by atoms with van der Waals surface area (Å²) in [5.41, 5.74) is 0.503. The first-order valence-corrected chi connectivity index (χ1v) is 5.19. The van der Waals surface area contributed by atoms with Crippen LogP contribution in [0.4, 0.5) is 4.39 Å². The van der Waals surface area contributed by atoms with Gasteiger partial charge in [-0.3, -0.25) is 4.79 Å². The molecule has 1 aromatic carbocycles. The van der Waals surface area contributed by atoms with Gasteiger partial charge in [-0.25, -0.2) is 9.18 Å². The second kappa shape index (κ2) is 5.82. The lowest BCUT2D eigenvalue weighted by molar-refractivity contribution is -0.139. The molecule has 94 valence electrons. The number of hydrogen-bond donors (Lipinski definition) is 2. The molecule has 0 aromatic heterocycles. The summed E-state index contributed by atoms with van der Waals surface area (Å²) in [6.45, 7) is 1.52. The number of carboxylic acids is 1.